The summed E-state index contributed by atoms with van der Waals surface area (Å²) in [4.78, 5) is 0. The van der Waals surface area contributed by atoms with E-state index >= 15 is 0 Å². The normalized spacial score (nSPS) is 10.4. The van der Waals surface area contributed by atoms with Gasteiger partial charge in [-0.25, -0.2) is 0 Å². The van der Waals surface area contributed by atoms with Crippen molar-refractivity contribution in [3.8, 4) is 0 Å². The third kappa shape index (κ3) is 19.1. The molecule has 0 aliphatic heterocycles. The molecule has 0 saturated heterocycles. The van der Waals surface area contributed by atoms with E-state index in [0.29, 0.717) is 25.9 Å². The van der Waals surface area contributed by atoms with E-state index in [-0.39, 0.29) is 7.43 Å². The quantitative estimate of drug-likeness (QED) is 0.182. The average Bonchev–Trinajstić information content (AvgIpc) is 2.89. The average molecular weight is 497 g/mol. The van der Waals surface area contributed by atoms with Crippen molar-refractivity contribution >= 4 is 29.8 Å². The number of rotatable bonds is 10. The Kier molecular flexibility index (Phi) is 22.1. The number of aliphatic hydroxyl groups excluding tert-OH is 1. The van der Waals surface area contributed by atoms with E-state index < -0.39 is 6.79 Å². The first-order valence-electron chi connectivity index (χ1n) is 10.9. The second kappa shape index (κ2) is 24.1. The van der Waals surface area contributed by atoms with Gasteiger partial charge in [-0.1, -0.05) is 135 Å². The summed E-state index contributed by atoms with van der Waals surface area (Å²) in [6.45, 7) is 0.660. The fourth-order valence-corrected chi connectivity index (χ4v) is 2.62. The van der Waals surface area contributed by atoms with Crippen LogP contribution in [0.4, 0.5) is 0 Å². The second-order valence-electron chi connectivity index (χ2n) is 6.59. The number of ether oxygens (including phenoxy) is 2. The van der Waals surface area contributed by atoms with Gasteiger partial charge >= 0.3 is 0 Å². The van der Waals surface area contributed by atoms with Gasteiger partial charge in [0.05, 0.1) is 13.2 Å². The summed E-state index contributed by atoms with van der Waals surface area (Å²) in [5.74, 6) is 0.578. The summed E-state index contributed by atoms with van der Waals surface area (Å²) in [6.07, 6.45) is 12.0. The van der Waals surface area contributed by atoms with Crippen LogP contribution in [0, 0.1) is 0 Å². The minimum atomic E-state index is -0.750. The second-order valence-corrected chi connectivity index (χ2v) is 6.90. The highest BCUT2D eigenvalue weighted by molar-refractivity contribution is 6.19. The lowest BCUT2D eigenvalue weighted by Gasteiger charge is -2.00. The highest BCUT2D eigenvalue weighted by Crippen LogP contribution is 2.02. The first-order valence-corrected chi connectivity index (χ1v) is 11.4. The van der Waals surface area contributed by atoms with E-state index in [9.17, 15) is 0 Å². The molecule has 2 N–H and O–H groups in total. The Morgan fingerprint density at radius 1 is 0.571 bits per heavy atom. The lowest BCUT2D eigenvalue weighted by molar-refractivity contribution is -0.0328. The number of benzene rings is 3. The molecule has 0 spiro atoms. The molecule has 0 saturated carbocycles. The van der Waals surface area contributed by atoms with Gasteiger partial charge in [0.1, 0.15) is 13.6 Å². The molecule has 188 valence electrons. The van der Waals surface area contributed by atoms with Crippen molar-refractivity contribution in [1.29, 1.82) is 0 Å². The van der Waals surface area contributed by atoms with Gasteiger partial charge in [-0.05, 0) is 16.7 Å². The van der Waals surface area contributed by atoms with Crippen LogP contribution in [0.25, 0.3) is 18.2 Å². The standard InChI is InChI=1S/C19H20O2.C9H9Cl.CH4O2.CH4/c1-3-9-18(10-4-1)13-7-15-20-17-21-16-8-14-19-11-5-2-6-12-19;10-8-4-7-9-5-2-1-3-6-9;2-1-3;/h1-14H,15-17H2;1-7H,8H2;2-3H,1H2;1H4/b13-7+,14-8+;7-4+;;. The molecule has 0 unspecified atom stereocenters. The van der Waals surface area contributed by atoms with Crippen LogP contribution in [-0.4, -0.2) is 42.9 Å². The maximum Gasteiger partial charge on any atom is 0.147 e. The van der Waals surface area contributed by atoms with E-state index in [4.69, 9.17) is 31.3 Å². The predicted octanol–water partition coefficient (Wildman–Crippen LogP) is 6.91. The maximum absolute atomic E-state index is 7.12. The number of alkyl halides is 1. The zero-order chi connectivity index (χ0) is 24.5. The van der Waals surface area contributed by atoms with Crippen LogP contribution in [0.3, 0.4) is 0 Å². The van der Waals surface area contributed by atoms with Crippen LogP contribution >= 0.6 is 11.6 Å². The molecule has 5 heteroatoms. The Labute approximate surface area is 215 Å². The number of hydrogen-bond donors (Lipinski definition) is 2. The van der Waals surface area contributed by atoms with Crippen molar-refractivity contribution in [2.45, 2.75) is 7.43 Å². The summed E-state index contributed by atoms with van der Waals surface area (Å²) in [5.41, 5.74) is 3.55. The minimum absolute atomic E-state index is 0. The van der Waals surface area contributed by atoms with E-state index in [1.807, 2.05) is 103 Å². The van der Waals surface area contributed by atoms with Gasteiger partial charge in [0.25, 0.3) is 0 Å². The summed E-state index contributed by atoms with van der Waals surface area (Å²) >= 11 is 5.46. The Hall–Kier alpha value is -2.99. The van der Waals surface area contributed by atoms with Gasteiger partial charge in [0.15, 0.2) is 0 Å². The van der Waals surface area contributed by atoms with E-state index in [1.54, 1.807) is 0 Å². The summed E-state index contributed by atoms with van der Waals surface area (Å²) in [5, 5.41) is 14.2. The SMILES string of the molecule is C.C(=C\c1ccccc1)/COCOC/C=C/c1ccccc1.ClC/C=C/c1ccccc1.OCO. The van der Waals surface area contributed by atoms with Crippen LogP contribution in [0.5, 0.6) is 0 Å². The maximum atomic E-state index is 7.12. The molecule has 3 aromatic carbocycles. The highest BCUT2D eigenvalue weighted by Gasteiger charge is 1.86. The molecule has 0 aliphatic rings. The van der Waals surface area contributed by atoms with Crippen molar-refractivity contribution in [1.82, 2.24) is 0 Å². The summed E-state index contributed by atoms with van der Waals surface area (Å²) in [7, 11) is 0. The summed E-state index contributed by atoms with van der Waals surface area (Å²) < 4.78 is 10.7. The minimum Gasteiger partial charge on any atom is -0.371 e. The fourth-order valence-electron chi connectivity index (χ4n) is 2.53. The predicted molar refractivity (Wildman–Crippen MR) is 150 cm³/mol. The Morgan fingerprint density at radius 3 is 1.20 bits per heavy atom. The van der Waals surface area contributed by atoms with E-state index in [2.05, 4.69) is 24.3 Å². The molecule has 3 rings (SSSR count). The number of allylic oxidation sites excluding steroid dienone is 1. The van der Waals surface area contributed by atoms with Crippen molar-refractivity contribution in [2.24, 2.45) is 0 Å². The number of hydrogen-bond acceptors (Lipinski definition) is 4. The van der Waals surface area contributed by atoms with Crippen LogP contribution in [0.2, 0.25) is 0 Å². The van der Waals surface area contributed by atoms with Crippen LogP contribution in [-0.2, 0) is 9.47 Å². The zero-order valence-corrected chi connectivity index (χ0v) is 20.0. The van der Waals surface area contributed by atoms with Crippen molar-refractivity contribution < 1.29 is 19.7 Å². The van der Waals surface area contributed by atoms with E-state index in [1.165, 1.54) is 16.7 Å². The molecule has 0 atom stereocenters. The topological polar surface area (TPSA) is 58.9 Å². The Bertz CT molecular complexity index is 859. The van der Waals surface area contributed by atoms with Crippen LogP contribution in [0.1, 0.15) is 24.1 Å². The molecule has 0 amide bonds. The van der Waals surface area contributed by atoms with Gasteiger partial charge in [0.2, 0.25) is 0 Å². The first kappa shape index (κ1) is 32.0. The molecule has 0 aromatic heterocycles. The van der Waals surface area contributed by atoms with Crippen LogP contribution < -0.4 is 0 Å². The molecule has 35 heavy (non-hydrogen) atoms. The van der Waals surface area contributed by atoms with Gasteiger partial charge in [-0.15, -0.1) is 11.6 Å². The molecule has 4 nitrogen and oxygen atoms in total. The zero-order valence-electron chi connectivity index (χ0n) is 19.2. The Balaban J connectivity index is 0.000000692. The molecular weight excluding hydrogens is 460 g/mol. The third-order valence-electron chi connectivity index (χ3n) is 4.01. The smallest absolute Gasteiger partial charge is 0.147 e. The molecule has 3 aromatic rings. The fraction of sp³-hybridized carbons (Fsp3) is 0.200. The van der Waals surface area contributed by atoms with Crippen LogP contribution in [0.15, 0.2) is 109 Å². The molecule has 0 radical (unpaired) electrons. The largest absolute Gasteiger partial charge is 0.371 e. The highest BCUT2D eigenvalue weighted by atomic mass is 35.5. The molecule has 0 aliphatic carbocycles. The lowest BCUT2D eigenvalue weighted by atomic mass is 10.2. The molecule has 0 fully saturated rings. The van der Waals surface area contributed by atoms with Crippen molar-refractivity contribution in [3.05, 3.63) is 126 Å². The van der Waals surface area contributed by atoms with Gasteiger partial charge in [-0.2, -0.15) is 0 Å². The first-order chi connectivity index (χ1) is 16.8. The molecule has 0 heterocycles. The molecule has 0 bridgehead atoms. The third-order valence-corrected chi connectivity index (χ3v) is 4.19. The monoisotopic (exact) mass is 496 g/mol. The number of aliphatic hydroxyl groups is 2. The van der Waals surface area contributed by atoms with Gasteiger partial charge in [-0.3, -0.25) is 0 Å². The molecular formula is C30H37ClO4. The van der Waals surface area contributed by atoms with Crippen molar-refractivity contribution in [3.63, 3.8) is 0 Å². The summed E-state index contributed by atoms with van der Waals surface area (Å²) in [6, 6.07) is 30.4. The lowest BCUT2D eigenvalue weighted by Crippen LogP contribution is -1.99. The number of halogens is 1. The van der Waals surface area contributed by atoms with E-state index in [0.717, 1.165) is 0 Å². The van der Waals surface area contributed by atoms with Gasteiger partial charge in [0, 0.05) is 5.88 Å². The van der Waals surface area contributed by atoms with Gasteiger partial charge < -0.3 is 19.7 Å². The van der Waals surface area contributed by atoms with Crippen molar-refractivity contribution in [2.75, 3.05) is 32.7 Å². The Morgan fingerprint density at radius 2 is 0.886 bits per heavy atom.